The van der Waals surface area contributed by atoms with Crippen LogP contribution in [-0.2, 0) is 19.1 Å². The fourth-order valence-corrected chi connectivity index (χ4v) is 3.29. The molecule has 2 aromatic carbocycles. The second-order valence-electron chi connectivity index (χ2n) is 6.70. The molecule has 0 radical (unpaired) electrons. The summed E-state index contributed by atoms with van der Waals surface area (Å²) >= 11 is 0. The minimum atomic E-state index is -0.559. The molecule has 0 saturated carbocycles. The number of carbonyl (C=O) groups excluding carboxylic acids is 2. The third-order valence-electron chi connectivity index (χ3n) is 4.67. The summed E-state index contributed by atoms with van der Waals surface area (Å²) in [5, 5.41) is 0. The lowest BCUT2D eigenvalue weighted by Gasteiger charge is -2.30. The maximum Gasteiger partial charge on any atom is 0.336 e. The summed E-state index contributed by atoms with van der Waals surface area (Å²) in [7, 11) is 0. The number of esters is 2. The first-order chi connectivity index (χ1) is 14.0. The summed E-state index contributed by atoms with van der Waals surface area (Å²) in [5.74, 6) is -1.46. The molecule has 0 atom stereocenters. The molecule has 5 nitrogen and oxygen atoms in total. The van der Waals surface area contributed by atoms with E-state index in [0.717, 1.165) is 16.8 Å². The Morgan fingerprint density at radius 3 is 1.83 bits per heavy atom. The van der Waals surface area contributed by atoms with Crippen LogP contribution in [0, 0.1) is 6.92 Å². The zero-order chi connectivity index (χ0) is 20.8. The van der Waals surface area contributed by atoms with Crippen LogP contribution in [0.1, 0.15) is 30.9 Å². The molecule has 1 aliphatic rings. The highest BCUT2D eigenvalue weighted by Crippen LogP contribution is 2.38. The Morgan fingerprint density at radius 2 is 1.34 bits per heavy atom. The van der Waals surface area contributed by atoms with Crippen LogP contribution < -0.4 is 4.90 Å². The Hall–Kier alpha value is -3.34. The van der Waals surface area contributed by atoms with Crippen molar-refractivity contribution in [3.05, 3.63) is 89.3 Å². The molecule has 0 unspecified atom stereocenters. The Balaban J connectivity index is 2.14. The zero-order valence-electron chi connectivity index (χ0n) is 16.9. The van der Waals surface area contributed by atoms with E-state index in [-0.39, 0.29) is 13.2 Å². The zero-order valence-corrected chi connectivity index (χ0v) is 16.9. The quantitative estimate of drug-likeness (QED) is 0.679. The second-order valence-corrected chi connectivity index (χ2v) is 6.70. The summed E-state index contributed by atoms with van der Waals surface area (Å²) in [6, 6.07) is 17.3. The lowest BCUT2D eigenvalue weighted by atomic mass is 9.83. The van der Waals surface area contributed by atoms with Gasteiger partial charge < -0.3 is 14.4 Å². The third kappa shape index (κ3) is 4.57. The molecule has 3 rings (SSSR count). The number of carbonyl (C=O) groups is 2. The van der Waals surface area contributed by atoms with Gasteiger partial charge in [-0.1, -0.05) is 48.0 Å². The van der Waals surface area contributed by atoms with Gasteiger partial charge in [0, 0.05) is 18.1 Å². The van der Waals surface area contributed by atoms with Gasteiger partial charge in [0.1, 0.15) is 0 Å². The molecule has 0 amide bonds. The van der Waals surface area contributed by atoms with Crippen LogP contribution in [0.5, 0.6) is 0 Å². The Morgan fingerprint density at radius 1 is 0.828 bits per heavy atom. The van der Waals surface area contributed by atoms with E-state index in [2.05, 4.69) is 0 Å². The molecule has 0 bridgehead atoms. The van der Waals surface area contributed by atoms with Crippen molar-refractivity contribution in [2.24, 2.45) is 0 Å². The monoisotopic (exact) mass is 391 g/mol. The van der Waals surface area contributed by atoms with Gasteiger partial charge in [0.15, 0.2) is 0 Å². The predicted octanol–water partition coefficient (Wildman–Crippen LogP) is 4.49. The maximum atomic E-state index is 12.8. The summed E-state index contributed by atoms with van der Waals surface area (Å²) in [6.07, 6.45) is 3.48. The van der Waals surface area contributed by atoms with Crippen LogP contribution >= 0.6 is 0 Å². The summed E-state index contributed by atoms with van der Waals surface area (Å²) in [6.45, 7) is 6.03. The van der Waals surface area contributed by atoms with Gasteiger partial charge in [0.05, 0.1) is 30.3 Å². The average molecular weight is 391 g/mol. The smallest absolute Gasteiger partial charge is 0.336 e. The number of rotatable bonds is 6. The van der Waals surface area contributed by atoms with Gasteiger partial charge in [-0.3, -0.25) is 0 Å². The van der Waals surface area contributed by atoms with E-state index in [1.54, 1.807) is 31.1 Å². The van der Waals surface area contributed by atoms with Crippen LogP contribution in [0.4, 0.5) is 5.69 Å². The first kappa shape index (κ1) is 20.4. The van der Waals surface area contributed by atoms with Gasteiger partial charge in [0.25, 0.3) is 0 Å². The normalized spacial score (nSPS) is 14.1. The fourth-order valence-electron chi connectivity index (χ4n) is 3.29. The molecule has 5 heteroatoms. The van der Waals surface area contributed by atoms with Gasteiger partial charge in [-0.2, -0.15) is 0 Å². The van der Waals surface area contributed by atoms with E-state index in [0.29, 0.717) is 11.1 Å². The third-order valence-corrected chi connectivity index (χ3v) is 4.67. The van der Waals surface area contributed by atoms with Crippen molar-refractivity contribution in [1.29, 1.82) is 0 Å². The van der Waals surface area contributed by atoms with Crippen LogP contribution in [-0.4, -0.2) is 25.2 Å². The Labute approximate surface area is 171 Å². The lowest BCUT2D eigenvalue weighted by molar-refractivity contribution is -0.139. The molecule has 0 fully saturated rings. The Bertz CT molecular complexity index is 893. The van der Waals surface area contributed by atoms with Crippen molar-refractivity contribution in [3.63, 3.8) is 0 Å². The summed E-state index contributed by atoms with van der Waals surface area (Å²) in [5.41, 5.74) is 3.57. The first-order valence-electron chi connectivity index (χ1n) is 9.72. The molecule has 1 heterocycles. The predicted molar refractivity (Wildman–Crippen MR) is 112 cm³/mol. The Kier molecular flexibility index (Phi) is 6.50. The molecular formula is C24H25NO4. The maximum absolute atomic E-state index is 12.8. The van der Waals surface area contributed by atoms with Crippen molar-refractivity contribution in [2.75, 3.05) is 18.1 Å². The van der Waals surface area contributed by atoms with E-state index in [4.69, 9.17) is 9.47 Å². The van der Waals surface area contributed by atoms with Crippen molar-refractivity contribution in [1.82, 2.24) is 0 Å². The standard InChI is InChI=1S/C24H25NO4/c1-4-28-23(26)20-15-25(19-13-11-17(3)12-14-19)16-21(24(27)29-5-2)22(20)18-9-7-6-8-10-18/h6-16,22H,4-5H2,1-3H3. The first-order valence-corrected chi connectivity index (χ1v) is 9.72. The van der Waals surface area contributed by atoms with Crippen LogP contribution in [0.3, 0.4) is 0 Å². The van der Waals surface area contributed by atoms with Gasteiger partial charge in [-0.25, -0.2) is 9.59 Å². The number of hydrogen-bond donors (Lipinski definition) is 0. The molecule has 0 saturated heterocycles. The number of nitrogens with zero attached hydrogens (tertiary/aromatic N) is 1. The molecule has 29 heavy (non-hydrogen) atoms. The molecule has 0 spiro atoms. The largest absolute Gasteiger partial charge is 0.463 e. The van der Waals surface area contributed by atoms with E-state index < -0.39 is 17.9 Å². The van der Waals surface area contributed by atoms with E-state index in [1.165, 1.54) is 0 Å². The van der Waals surface area contributed by atoms with Crippen molar-refractivity contribution >= 4 is 17.6 Å². The highest BCUT2D eigenvalue weighted by Gasteiger charge is 2.35. The van der Waals surface area contributed by atoms with Gasteiger partial charge in [-0.15, -0.1) is 0 Å². The van der Waals surface area contributed by atoms with E-state index in [9.17, 15) is 9.59 Å². The topological polar surface area (TPSA) is 55.8 Å². The average Bonchev–Trinajstić information content (AvgIpc) is 2.74. The molecule has 0 aliphatic carbocycles. The molecule has 2 aromatic rings. The molecule has 0 N–H and O–H groups in total. The van der Waals surface area contributed by atoms with Crippen molar-refractivity contribution in [3.8, 4) is 0 Å². The number of benzene rings is 2. The van der Waals surface area contributed by atoms with Crippen LogP contribution in [0.15, 0.2) is 78.1 Å². The van der Waals surface area contributed by atoms with Gasteiger partial charge >= 0.3 is 11.9 Å². The number of hydrogen-bond acceptors (Lipinski definition) is 5. The van der Waals surface area contributed by atoms with Gasteiger partial charge in [-0.05, 0) is 38.5 Å². The SMILES string of the molecule is CCOC(=O)C1=CN(c2ccc(C)cc2)C=C(C(=O)OCC)C1c1ccccc1. The number of aryl methyl sites for hydroxylation is 1. The number of ether oxygens (including phenoxy) is 2. The van der Waals surface area contributed by atoms with Crippen molar-refractivity contribution < 1.29 is 19.1 Å². The fraction of sp³-hybridized carbons (Fsp3) is 0.250. The highest BCUT2D eigenvalue weighted by atomic mass is 16.5. The van der Waals surface area contributed by atoms with E-state index in [1.807, 2.05) is 61.5 Å². The molecule has 150 valence electrons. The minimum Gasteiger partial charge on any atom is -0.463 e. The lowest BCUT2D eigenvalue weighted by Crippen LogP contribution is -2.29. The van der Waals surface area contributed by atoms with Gasteiger partial charge in [0.2, 0.25) is 0 Å². The summed E-state index contributed by atoms with van der Waals surface area (Å²) < 4.78 is 10.6. The highest BCUT2D eigenvalue weighted by molar-refractivity contribution is 6.00. The minimum absolute atomic E-state index is 0.251. The second kappa shape index (κ2) is 9.24. The number of anilines is 1. The van der Waals surface area contributed by atoms with E-state index >= 15 is 0 Å². The van der Waals surface area contributed by atoms with Crippen molar-refractivity contribution in [2.45, 2.75) is 26.7 Å². The summed E-state index contributed by atoms with van der Waals surface area (Å²) in [4.78, 5) is 27.5. The van der Waals surface area contributed by atoms with Crippen LogP contribution in [0.2, 0.25) is 0 Å². The van der Waals surface area contributed by atoms with Crippen LogP contribution in [0.25, 0.3) is 0 Å². The molecular weight excluding hydrogens is 366 g/mol. The molecule has 1 aliphatic heterocycles. The molecule has 0 aromatic heterocycles.